The Hall–Kier alpha value is -10.6. The molecule has 0 spiro atoms. The van der Waals surface area contributed by atoms with Crippen LogP contribution in [0.25, 0.3) is 0 Å². The number of rotatable bonds is 35. The second-order valence-electron chi connectivity index (χ2n) is 26.8. The molecule has 9 rings (SSSR count). The topological polar surface area (TPSA) is 418 Å². The summed E-state index contributed by atoms with van der Waals surface area (Å²) in [6.45, 7) is -0.481. The summed E-state index contributed by atoms with van der Waals surface area (Å²) in [5.74, 6) is -16.1. The molecule has 33 nitrogen and oxygen atoms in total. The molecule has 117 heavy (non-hydrogen) atoms. The highest BCUT2D eigenvalue weighted by atomic mass is 19.4. The maximum Gasteiger partial charge on any atom is 0.471 e. The van der Waals surface area contributed by atoms with E-state index in [-0.39, 0.29) is 28.2 Å². The van der Waals surface area contributed by atoms with E-state index in [4.69, 9.17) is 85.3 Å². The number of carbonyl (C=O) groups excluding carboxylic acids is 11. The molecule has 2 amide bonds. The average molecular weight is 1660 g/mol. The Morgan fingerprint density at radius 2 is 0.872 bits per heavy atom. The molecule has 4 fully saturated rings. The number of esters is 7. The summed E-state index contributed by atoms with van der Waals surface area (Å²) in [7, 11) is 2.13. The molecular weight excluding hydrogens is 1570 g/mol. The van der Waals surface area contributed by atoms with Crippen molar-refractivity contribution in [2.45, 2.75) is 208 Å². The highest BCUT2D eigenvalue weighted by Crippen LogP contribution is 2.41. The Morgan fingerprint density at radius 3 is 1.35 bits per heavy atom. The number of aliphatic hydroxyl groups excluding tert-OH is 2. The fraction of sp³-hybridized carbons (Fsp3) is 0.474. The van der Waals surface area contributed by atoms with E-state index in [9.17, 15) is 71.3 Å². The van der Waals surface area contributed by atoms with Crippen LogP contribution in [0, 0.1) is 0 Å². The van der Waals surface area contributed by atoms with Crippen LogP contribution in [0.4, 0.5) is 26.3 Å². The molecule has 634 valence electrons. The number of methoxy groups -OCH3 is 2. The van der Waals surface area contributed by atoms with Gasteiger partial charge in [-0.25, -0.2) is 14.4 Å². The number of halogens is 6. The van der Waals surface area contributed by atoms with Crippen molar-refractivity contribution in [3.8, 4) is 11.5 Å². The molecule has 39 heteroatoms. The van der Waals surface area contributed by atoms with Crippen molar-refractivity contribution in [3.63, 3.8) is 0 Å². The van der Waals surface area contributed by atoms with Crippen molar-refractivity contribution < 1.29 is 175 Å². The number of amides is 2. The molecule has 0 saturated carbocycles. The van der Waals surface area contributed by atoms with E-state index in [1.54, 1.807) is 41.0 Å². The molecule has 0 bridgehead atoms. The first kappa shape index (κ1) is 90.3. The second kappa shape index (κ2) is 42.0. The van der Waals surface area contributed by atoms with Crippen molar-refractivity contribution in [2.75, 3.05) is 27.4 Å². The van der Waals surface area contributed by atoms with Crippen molar-refractivity contribution in [1.29, 1.82) is 0 Å². The Bertz CT molecular complexity index is 4170. The van der Waals surface area contributed by atoms with Gasteiger partial charge < -0.3 is 116 Å². The number of alkyl halides is 6. The zero-order valence-corrected chi connectivity index (χ0v) is 63.3. The number of ketones is 2. The predicted octanol–water partition coefficient (Wildman–Crippen LogP) is 4.95. The monoisotopic (exact) mass is 1660 g/mol. The summed E-state index contributed by atoms with van der Waals surface area (Å²) < 4.78 is 200. The minimum absolute atomic E-state index is 0.206. The Morgan fingerprint density at radius 1 is 0.427 bits per heavy atom. The van der Waals surface area contributed by atoms with E-state index in [0.29, 0.717) is 5.56 Å². The lowest BCUT2D eigenvalue weighted by atomic mass is 9.93. The fourth-order valence-electron chi connectivity index (χ4n) is 12.5. The third-order valence-corrected chi connectivity index (χ3v) is 18.1. The molecule has 0 unspecified atom stereocenters. The van der Waals surface area contributed by atoms with Gasteiger partial charge >= 0.3 is 66.0 Å². The van der Waals surface area contributed by atoms with Gasteiger partial charge in [0.25, 0.3) is 0 Å². The third-order valence-electron chi connectivity index (χ3n) is 18.1. The molecule has 4 aliphatic rings. The van der Waals surface area contributed by atoms with Crippen molar-refractivity contribution in [1.82, 2.24) is 10.6 Å². The first-order valence-electron chi connectivity index (χ1n) is 36.2. The van der Waals surface area contributed by atoms with Crippen LogP contribution in [0.1, 0.15) is 80.4 Å². The Labute approximate surface area is 663 Å². The molecular formula is C78H84F6N2O31. The summed E-state index contributed by atoms with van der Waals surface area (Å²) in [6.07, 6.45) is -57.7. The highest BCUT2D eigenvalue weighted by molar-refractivity contribution is 5.89. The number of Topliss-reactive ketones (excluding diaryl/α,β-unsaturated/α-hetero) is 2. The molecule has 4 heterocycles. The van der Waals surface area contributed by atoms with Crippen LogP contribution in [0.15, 0.2) is 146 Å². The minimum atomic E-state index is -5.98. The van der Waals surface area contributed by atoms with Crippen molar-refractivity contribution in [3.05, 3.63) is 168 Å². The van der Waals surface area contributed by atoms with Gasteiger partial charge in [0.05, 0.1) is 52.4 Å². The van der Waals surface area contributed by atoms with Crippen LogP contribution in [-0.2, 0) is 144 Å². The van der Waals surface area contributed by atoms with Crippen LogP contribution in [0.5, 0.6) is 11.5 Å². The first-order valence-corrected chi connectivity index (χ1v) is 36.2. The molecule has 0 aliphatic carbocycles. The van der Waals surface area contributed by atoms with Crippen LogP contribution >= 0.6 is 0 Å². The summed E-state index contributed by atoms with van der Waals surface area (Å²) in [4.78, 5) is 152. The maximum atomic E-state index is 15.7. The summed E-state index contributed by atoms with van der Waals surface area (Å²) in [5, 5.41) is 26.5. The molecule has 4 saturated heterocycles. The lowest BCUT2D eigenvalue weighted by molar-refractivity contribution is -0.372. The van der Waals surface area contributed by atoms with Gasteiger partial charge in [-0.1, -0.05) is 109 Å². The average Bonchev–Trinajstić information content (AvgIpc) is 0.754. The number of ether oxygens (including phenoxy) is 18. The molecule has 4 N–H and O–H groups in total. The number of benzene rings is 5. The lowest BCUT2D eigenvalue weighted by Crippen LogP contribution is -2.72. The number of carbonyl (C=O) groups is 11. The van der Waals surface area contributed by atoms with Crippen LogP contribution < -0.4 is 20.1 Å². The molecule has 20 atom stereocenters. The van der Waals surface area contributed by atoms with E-state index in [1.807, 2.05) is 0 Å². The number of hydrogen-bond donors (Lipinski definition) is 4. The standard InChI is InChI=1S/C78H84F6N2O31/c1-40(88)27-33-52(92)110-62-60(103-36-44-19-11-7-12-20-44)66(111-53(93)34-28-41(2)89)73(116-64(62)69(96)101-6)114-59-55(86-76(99)78(82,83)84)72(109-51(39-102-42(3)90)57(59)106-43(4)91)115-63-61(104-37-45-21-13-8-14-22-45)67(112-68(95)47-25-17-10-18-26-47)74(117-65(63)70(97)105-38-46-23-15-9-16-24-46)113-58-54(85-75(98)77(79,80)81)71(108-50(35-87)56(58)94)107-49-31-29-48(100-5)30-32-49/h7-26,29-32,50-51,54-67,71-74,87,94H,27-28,33-39H2,1-6H3,(H,85,98)(H,86,99)/t50-,51-,54-,55-,56+,57+,58-,59-,60+,61+,62+,63+,64-,65+,66-,67-,71-,72+,73-,74-/m1/s1. The van der Waals surface area contributed by atoms with E-state index in [0.717, 1.165) is 34.8 Å². The summed E-state index contributed by atoms with van der Waals surface area (Å²) >= 11 is 0. The van der Waals surface area contributed by atoms with Crippen molar-refractivity contribution in [2.24, 2.45) is 0 Å². The van der Waals surface area contributed by atoms with Gasteiger partial charge in [0.2, 0.25) is 6.29 Å². The van der Waals surface area contributed by atoms with Crippen LogP contribution in [0.3, 0.4) is 0 Å². The smallest absolute Gasteiger partial charge is 0.471 e. The largest absolute Gasteiger partial charge is 0.497 e. The zero-order valence-electron chi connectivity index (χ0n) is 63.3. The zero-order chi connectivity index (χ0) is 84.8. The van der Waals surface area contributed by atoms with Gasteiger partial charge in [0, 0.05) is 26.7 Å². The van der Waals surface area contributed by atoms with Crippen LogP contribution in [-0.4, -0.2) is 238 Å². The molecule has 5 aromatic carbocycles. The Balaban J connectivity index is 1.28. The van der Waals surface area contributed by atoms with Gasteiger partial charge in [-0.15, -0.1) is 0 Å². The molecule has 0 radical (unpaired) electrons. The second-order valence-corrected chi connectivity index (χ2v) is 26.8. The maximum absolute atomic E-state index is 15.7. The first-order chi connectivity index (χ1) is 55.7. The van der Waals surface area contributed by atoms with Gasteiger partial charge in [-0.3, -0.25) is 28.8 Å². The van der Waals surface area contributed by atoms with Gasteiger partial charge in [0.15, 0.2) is 55.5 Å². The minimum Gasteiger partial charge on any atom is -0.497 e. The van der Waals surface area contributed by atoms with Gasteiger partial charge in [-0.2, -0.15) is 26.3 Å². The quantitative estimate of drug-likeness (QED) is 0.0237. The molecule has 5 aromatic rings. The number of hydrogen-bond acceptors (Lipinski definition) is 31. The molecule has 0 aromatic heterocycles. The lowest BCUT2D eigenvalue weighted by Gasteiger charge is -2.51. The number of aliphatic hydroxyl groups is 2. The van der Waals surface area contributed by atoms with E-state index >= 15 is 18.0 Å². The third kappa shape index (κ3) is 25.2. The summed E-state index contributed by atoms with van der Waals surface area (Å²) in [5.41, 5.74) is 0.480. The van der Waals surface area contributed by atoms with E-state index < -0.39 is 259 Å². The normalized spacial score (nSPS) is 27.1. The summed E-state index contributed by atoms with van der Waals surface area (Å²) in [6, 6.07) is 29.4. The van der Waals surface area contributed by atoms with E-state index in [2.05, 4.69) is 0 Å². The van der Waals surface area contributed by atoms with Gasteiger partial charge in [0.1, 0.15) is 97.2 Å². The predicted molar refractivity (Wildman–Crippen MR) is 378 cm³/mol. The van der Waals surface area contributed by atoms with Crippen molar-refractivity contribution >= 4 is 65.2 Å². The SMILES string of the molecule is COC(=O)[C@@H]1O[C@@H](O[C@@H]2[C@@H](NC(=O)C(F)(F)F)[C@H](O[C@H]3[C@H](OCc4ccccc4)[C@@H](OC(=O)c4ccccc4)[C@H](O[C@H]4[C@@H](O)[C@@H](CO)O[C@@H](Oc5ccc(OC)cc5)[C@@H]4NC(=O)C(F)(F)F)O[C@@H]3C(=O)OCc3ccccc3)O[C@H](COC(C)=O)[C@@H]2OC(C)=O)[C@H](OC(=O)CCC(C)=O)[C@@H](OCc2ccccc2)[C@@H]1OC(=O)CCC(C)=O. The van der Waals surface area contributed by atoms with E-state index in [1.165, 1.54) is 122 Å². The highest BCUT2D eigenvalue weighted by Gasteiger charge is 2.63. The fourth-order valence-corrected chi connectivity index (χ4v) is 12.5. The Kier molecular flexibility index (Phi) is 32.4. The number of nitrogens with one attached hydrogen (secondary N) is 2. The molecule has 4 aliphatic heterocycles. The van der Waals surface area contributed by atoms with Gasteiger partial charge in [-0.05, 0) is 66.9 Å². The van der Waals surface area contributed by atoms with Crippen LogP contribution in [0.2, 0.25) is 0 Å².